The van der Waals surface area contributed by atoms with Crippen molar-refractivity contribution in [1.82, 2.24) is 9.29 Å². The van der Waals surface area contributed by atoms with Gasteiger partial charge in [0.1, 0.15) is 4.90 Å². The van der Waals surface area contributed by atoms with Gasteiger partial charge < -0.3 is 5.73 Å². The van der Waals surface area contributed by atoms with Crippen LogP contribution in [0.4, 0.5) is 0 Å². The summed E-state index contributed by atoms with van der Waals surface area (Å²) in [6, 6.07) is 3.25. The van der Waals surface area contributed by atoms with Gasteiger partial charge in [0.05, 0.1) is 5.69 Å². The van der Waals surface area contributed by atoms with Gasteiger partial charge in [-0.25, -0.2) is 8.42 Å². The van der Waals surface area contributed by atoms with Gasteiger partial charge >= 0.3 is 0 Å². The second-order valence-electron chi connectivity index (χ2n) is 5.45. The quantitative estimate of drug-likeness (QED) is 0.898. The average Bonchev–Trinajstić information content (AvgIpc) is 2.93. The van der Waals surface area contributed by atoms with Crippen LogP contribution in [0.2, 0.25) is 0 Å². The van der Waals surface area contributed by atoms with E-state index in [1.54, 1.807) is 22.6 Å². The molecule has 112 valence electrons. The summed E-state index contributed by atoms with van der Waals surface area (Å²) in [6.07, 6.45) is 4.52. The minimum absolute atomic E-state index is 0.123. The summed E-state index contributed by atoms with van der Waals surface area (Å²) in [6.45, 7) is 5.59. The predicted molar refractivity (Wildman–Crippen MR) is 78.5 cm³/mol. The molecule has 1 aliphatic rings. The maximum absolute atomic E-state index is 12.8. The molecule has 0 saturated carbocycles. The van der Waals surface area contributed by atoms with Crippen LogP contribution >= 0.6 is 0 Å². The van der Waals surface area contributed by atoms with Crippen molar-refractivity contribution in [3.05, 3.63) is 24.0 Å². The summed E-state index contributed by atoms with van der Waals surface area (Å²) < 4.78 is 27.1. The van der Waals surface area contributed by atoms with Crippen molar-refractivity contribution in [2.24, 2.45) is 11.1 Å². The second kappa shape index (κ2) is 5.79. The molecular weight excluding hydrogens is 274 g/mol. The van der Waals surface area contributed by atoms with Crippen LogP contribution in [0.1, 0.15) is 38.8 Å². The average molecular weight is 297 g/mol. The third-order valence-corrected chi connectivity index (χ3v) is 6.48. The summed E-state index contributed by atoms with van der Waals surface area (Å²) in [5, 5.41) is 0. The maximum Gasteiger partial charge on any atom is 0.244 e. The number of nitrogens with two attached hydrogens (primary N) is 1. The lowest BCUT2D eigenvalue weighted by molar-refractivity contribution is 0.279. The first-order valence-corrected chi connectivity index (χ1v) is 8.57. The zero-order valence-corrected chi connectivity index (χ0v) is 13.0. The number of hydrogen-bond acceptors (Lipinski definition) is 4. The Kier molecular flexibility index (Phi) is 4.46. The first-order chi connectivity index (χ1) is 9.49. The van der Waals surface area contributed by atoms with E-state index in [4.69, 9.17) is 5.73 Å². The van der Waals surface area contributed by atoms with Gasteiger partial charge in [-0.1, -0.05) is 13.8 Å². The van der Waals surface area contributed by atoms with Crippen molar-refractivity contribution in [3.8, 4) is 0 Å². The molecule has 0 aromatic carbocycles. The Morgan fingerprint density at radius 1 is 1.40 bits per heavy atom. The largest absolute Gasteiger partial charge is 0.325 e. The Morgan fingerprint density at radius 2 is 2.10 bits per heavy atom. The Bertz CT molecular complexity index is 568. The normalized spacial score (nSPS) is 19.4. The molecule has 1 aromatic rings. The number of hydrogen-bond donors (Lipinski definition) is 1. The van der Waals surface area contributed by atoms with Gasteiger partial charge in [0.15, 0.2) is 0 Å². The van der Waals surface area contributed by atoms with Crippen LogP contribution in [0, 0.1) is 5.41 Å². The summed E-state index contributed by atoms with van der Waals surface area (Å²) in [4.78, 5) is 4.34. The monoisotopic (exact) mass is 297 g/mol. The maximum atomic E-state index is 12.8. The highest BCUT2D eigenvalue weighted by Gasteiger charge is 2.41. The number of sulfonamides is 1. The van der Waals surface area contributed by atoms with Crippen LogP contribution in [0.15, 0.2) is 23.2 Å². The van der Waals surface area contributed by atoms with Crippen molar-refractivity contribution >= 4 is 10.0 Å². The molecule has 0 spiro atoms. The van der Waals surface area contributed by atoms with Gasteiger partial charge in [0.25, 0.3) is 0 Å². The topological polar surface area (TPSA) is 76.3 Å². The van der Waals surface area contributed by atoms with Gasteiger partial charge in [-0.05, 0) is 36.8 Å². The lowest BCUT2D eigenvalue weighted by atomic mass is 9.82. The fourth-order valence-corrected chi connectivity index (χ4v) is 4.61. The summed E-state index contributed by atoms with van der Waals surface area (Å²) >= 11 is 0. The van der Waals surface area contributed by atoms with Crippen LogP contribution in [-0.2, 0) is 16.6 Å². The highest BCUT2D eigenvalue weighted by molar-refractivity contribution is 7.89. The van der Waals surface area contributed by atoms with E-state index < -0.39 is 10.0 Å². The fourth-order valence-electron chi connectivity index (χ4n) is 2.88. The van der Waals surface area contributed by atoms with Crippen LogP contribution in [0.5, 0.6) is 0 Å². The van der Waals surface area contributed by atoms with Crippen LogP contribution in [-0.4, -0.2) is 30.8 Å². The van der Waals surface area contributed by atoms with Crippen molar-refractivity contribution in [3.63, 3.8) is 0 Å². The molecule has 0 aliphatic carbocycles. The van der Waals surface area contributed by atoms with E-state index in [-0.39, 0.29) is 16.9 Å². The van der Waals surface area contributed by atoms with E-state index in [1.165, 1.54) is 0 Å². The van der Waals surface area contributed by atoms with Gasteiger partial charge in [-0.2, -0.15) is 4.31 Å². The minimum Gasteiger partial charge on any atom is -0.325 e. The standard InChI is InChI=1S/C14H23N3O2S/c1-3-14(4-2)7-9-17(11-14)20(18,19)13-6-5-8-16-12(13)10-15/h5-6,8H,3-4,7,9-11,15H2,1-2H3. The molecule has 1 fully saturated rings. The number of pyridine rings is 1. The van der Waals surface area contributed by atoms with E-state index >= 15 is 0 Å². The smallest absolute Gasteiger partial charge is 0.244 e. The molecule has 0 amide bonds. The molecule has 1 aliphatic heterocycles. The molecule has 2 heterocycles. The minimum atomic E-state index is -3.48. The summed E-state index contributed by atoms with van der Waals surface area (Å²) in [5.74, 6) is 0. The molecule has 2 N–H and O–H groups in total. The van der Waals surface area contributed by atoms with E-state index in [0.29, 0.717) is 18.8 Å². The van der Waals surface area contributed by atoms with Crippen molar-refractivity contribution in [2.45, 2.75) is 44.6 Å². The van der Waals surface area contributed by atoms with Gasteiger partial charge in [-0.15, -0.1) is 0 Å². The highest BCUT2D eigenvalue weighted by Crippen LogP contribution is 2.39. The molecule has 1 aromatic heterocycles. The lowest BCUT2D eigenvalue weighted by Gasteiger charge is -2.26. The third-order valence-electron chi connectivity index (χ3n) is 4.56. The number of rotatable bonds is 5. The predicted octanol–water partition coefficient (Wildman–Crippen LogP) is 1.74. The van der Waals surface area contributed by atoms with Gasteiger partial charge in [-0.3, -0.25) is 4.98 Å². The zero-order chi connectivity index (χ0) is 14.8. The van der Waals surface area contributed by atoms with Crippen molar-refractivity contribution in [1.29, 1.82) is 0 Å². The van der Waals surface area contributed by atoms with Crippen molar-refractivity contribution < 1.29 is 8.42 Å². The Morgan fingerprint density at radius 3 is 2.65 bits per heavy atom. The summed E-state index contributed by atoms with van der Waals surface area (Å²) in [5.41, 5.74) is 6.17. The molecule has 0 atom stereocenters. The van der Waals surface area contributed by atoms with E-state index in [1.807, 2.05) is 0 Å². The summed E-state index contributed by atoms with van der Waals surface area (Å²) in [7, 11) is -3.48. The molecule has 1 saturated heterocycles. The molecule has 20 heavy (non-hydrogen) atoms. The molecule has 5 nitrogen and oxygen atoms in total. The Labute approximate surface area is 121 Å². The fraction of sp³-hybridized carbons (Fsp3) is 0.643. The van der Waals surface area contributed by atoms with E-state index in [9.17, 15) is 8.42 Å². The zero-order valence-electron chi connectivity index (χ0n) is 12.2. The first kappa shape index (κ1) is 15.4. The van der Waals surface area contributed by atoms with Gasteiger partial charge in [0, 0.05) is 25.8 Å². The lowest BCUT2D eigenvalue weighted by Crippen LogP contribution is -2.32. The molecule has 0 radical (unpaired) electrons. The third kappa shape index (κ3) is 2.60. The van der Waals surface area contributed by atoms with Crippen LogP contribution in [0.25, 0.3) is 0 Å². The van der Waals surface area contributed by atoms with E-state index in [0.717, 1.165) is 19.3 Å². The number of nitrogens with zero attached hydrogens (tertiary/aromatic N) is 2. The van der Waals surface area contributed by atoms with E-state index in [2.05, 4.69) is 18.8 Å². The number of aromatic nitrogens is 1. The van der Waals surface area contributed by atoms with Crippen LogP contribution < -0.4 is 5.73 Å². The highest BCUT2D eigenvalue weighted by atomic mass is 32.2. The first-order valence-electron chi connectivity index (χ1n) is 7.13. The van der Waals surface area contributed by atoms with Crippen molar-refractivity contribution in [2.75, 3.05) is 13.1 Å². The Balaban J connectivity index is 2.33. The molecule has 2 rings (SSSR count). The SMILES string of the molecule is CCC1(CC)CCN(S(=O)(=O)c2cccnc2CN)C1. The molecule has 6 heteroatoms. The molecule has 0 bridgehead atoms. The molecule has 0 unspecified atom stereocenters. The second-order valence-corrected chi connectivity index (χ2v) is 7.35. The van der Waals surface area contributed by atoms with Gasteiger partial charge in [0.2, 0.25) is 10.0 Å². The Hall–Kier alpha value is -0.980. The van der Waals surface area contributed by atoms with Crippen LogP contribution in [0.3, 0.4) is 0 Å². The molecular formula is C14H23N3O2S.